The molecule has 0 radical (unpaired) electrons. The lowest BCUT2D eigenvalue weighted by Gasteiger charge is -2.03. The molecule has 0 spiro atoms. The lowest BCUT2D eigenvalue weighted by Crippen LogP contribution is -2.04. The van der Waals surface area contributed by atoms with Crippen LogP contribution in [0.4, 0.5) is 5.69 Å². The minimum atomic E-state index is 0.591. The maximum absolute atomic E-state index is 4.64. The number of hydrogen-bond acceptors (Lipinski definition) is 5. The average Bonchev–Trinajstić information content (AvgIpc) is 3.16. The summed E-state index contributed by atoms with van der Waals surface area (Å²) in [7, 11) is 1.91. The van der Waals surface area contributed by atoms with Crippen LogP contribution in [0.5, 0.6) is 0 Å². The lowest BCUT2D eigenvalue weighted by atomic mass is 10.2. The molecule has 0 aliphatic carbocycles. The molecule has 0 aliphatic heterocycles. The van der Waals surface area contributed by atoms with Gasteiger partial charge in [0.25, 0.3) is 0 Å². The first-order valence-electron chi connectivity index (χ1n) is 7.30. The second-order valence-corrected chi connectivity index (χ2v) is 6.67. The first-order valence-corrected chi connectivity index (χ1v) is 8.18. The second kappa shape index (κ2) is 6.31. The molecule has 0 saturated carbocycles. The van der Waals surface area contributed by atoms with Crippen molar-refractivity contribution in [2.75, 3.05) is 5.32 Å². The molecule has 3 heterocycles. The molecular formula is C15H20N6S. The number of thiazole rings is 1. The van der Waals surface area contributed by atoms with E-state index in [1.54, 1.807) is 16.0 Å². The molecule has 0 fully saturated rings. The maximum Gasteiger partial charge on any atom is 0.112 e. The van der Waals surface area contributed by atoms with Crippen molar-refractivity contribution in [2.45, 2.75) is 26.9 Å². The molecule has 0 unspecified atom stereocenters. The molecular weight excluding hydrogens is 296 g/mol. The smallest absolute Gasteiger partial charge is 0.112 e. The molecule has 0 atom stereocenters. The van der Waals surface area contributed by atoms with Gasteiger partial charge in [0.15, 0.2) is 0 Å². The average molecular weight is 316 g/mol. The summed E-state index contributed by atoms with van der Waals surface area (Å²) in [6.45, 7) is 6.01. The third-order valence-corrected chi connectivity index (χ3v) is 4.03. The Kier molecular flexibility index (Phi) is 4.24. The normalized spacial score (nSPS) is 11.3. The number of hydrogen-bond donors (Lipinski definition) is 1. The second-order valence-electron chi connectivity index (χ2n) is 5.73. The van der Waals surface area contributed by atoms with Crippen LogP contribution in [0.3, 0.4) is 0 Å². The molecule has 116 valence electrons. The van der Waals surface area contributed by atoms with Gasteiger partial charge in [-0.2, -0.15) is 10.2 Å². The topological polar surface area (TPSA) is 60.6 Å². The molecule has 0 aromatic carbocycles. The monoisotopic (exact) mass is 316 g/mol. The third-order valence-electron chi connectivity index (χ3n) is 3.18. The van der Waals surface area contributed by atoms with Gasteiger partial charge in [-0.15, -0.1) is 11.3 Å². The minimum absolute atomic E-state index is 0.591. The Morgan fingerprint density at radius 2 is 2.09 bits per heavy atom. The van der Waals surface area contributed by atoms with Gasteiger partial charge in [-0.25, -0.2) is 4.98 Å². The molecule has 22 heavy (non-hydrogen) atoms. The van der Waals surface area contributed by atoms with Crippen LogP contribution in [-0.4, -0.2) is 24.5 Å². The fraction of sp³-hybridized carbons (Fsp3) is 0.400. The van der Waals surface area contributed by atoms with Gasteiger partial charge in [0.2, 0.25) is 0 Å². The number of aryl methyl sites for hydroxylation is 1. The molecule has 3 aromatic rings. The van der Waals surface area contributed by atoms with Gasteiger partial charge < -0.3 is 5.32 Å². The van der Waals surface area contributed by atoms with E-state index in [0.29, 0.717) is 12.5 Å². The van der Waals surface area contributed by atoms with Crippen molar-refractivity contribution in [3.05, 3.63) is 35.2 Å². The highest BCUT2D eigenvalue weighted by Crippen LogP contribution is 2.21. The SMILES string of the molecule is CC(C)Cn1cc(NCc2nc(-c3cnn(C)c3)cs2)cn1. The summed E-state index contributed by atoms with van der Waals surface area (Å²) in [5.41, 5.74) is 3.05. The molecule has 0 bridgehead atoms. The zero-order chi connectivity index (χ0) is 15.5. The molecule has 7 heteroatoms. The van der Waals surface area contributed by atoms with Crippen molar-refractivity contribution in [1.29, 1.82) is 0 Å². The highest BCUT2D eigenvalue weighted by molar-refractivity contribution is 7.09. The van der Waals surface area contributed by atoms with Crippen LogP contribution in [0, 0.1) is 5.92 Å². The zero-order valence-corrected chi connectivity index (χ0v) is 13.8. The number of aromatic nitrogens is 5. The Morgan fingerprint density at radius 3 is 2.82 bits per heavy atom. The van der Waals surface area contributed by atoms with Gasteiger partial charge in [-0.3, -0.25) is 9.36 Å². The van der Waals surface area contributed by atoms with Crippen LogP contribution in [0.15, 0.2) is 30.2 Å². The van der Waals surface area contributed by atoms with Crippen LogP contribution in [0.2, 0.25) is 0 Å². The summed E-state index contributed by atoms with van der Waals surface area (Å²) in [4.78, 5) is 4.64. The van der Waals surface area contributed by atoms with Gasteiger partial charge in [-0.05, 0) is 5.92 Å². The van der Waals surface area contributed by atoms with E-state index in [1.807, 2.05) is 36.5 Å². The Bertz CT molecular complexity index is 739. The van der Waals surface area contributed by atoms with E-state index in [-0.39, 0.29) is 0 Å². The van der Waals surface area contributed by atoms with Crippen LogP contribution < -0.4 is 5.32 Å². The predicted octanol–water partition coefficient (Wildman–Crippen LogP) is 3.01. The van der Waals surface area contributed by atoms with Crippen molar-refractivity contribution < 1.29 is 0 Å². The fourth-order valence-corrected chi connectivity index (χ4v) is 2.93. The van der Waals surface area contributed by atoms with Crippen LogP contribution >= 0.6 is 11.3 Å². The van der Waals surface area contributed by atoms with E-state index < -0.39 is 0 Å². The van der Waals surface area contributed by atoms with Crippen molar-refractivity contribution in [3.63, 3.8) is 0 Å². The van der Waals surface area contributed by atoms with E-state index in [2.05, 4.69) is 39.7 Å². The Labute approximate surface area is 133 Å². The van der Waals surface area contributed by atoms with Gasteiger partial charge in [0, 0.05) is 36.9 Å². The summed E-state index contributed by atoms with van der Waals surface area (Å²) >= 11 is 1.65. The van der Waals surface area contributed by atoms with Crippen LogP contribution in [-0.2, 0) is 20.1 Å². The van der Waals surface area contributed by atoms with Crippen molar-refractivity contribution >= 4 is 17.0 Å². The van der Waals surface area contributed by atoms with Gasteiger partial charge in [0.1, 0.15) is 5.01 Å². The molecule has 6 nitrogen and oxygen atoms in total. The van der Waals surface area contributed by atoms with Crippen molar-refractivity contribution in [3.8, 4) is 11.3 Å². The van der Waals surface area contributed by atoms with Crippen molar-refractivity contribution in [2.24, 2.45) is 13.0 Å². The van der Waals surface area contributed by atoms with E-state index in [9.17, 15) is 0 Å². The number of nitrogens with zero attached hydrogens (tertiary/aromatic N) is 5. The summed E-state index contributed by atoms with van der Waals surface area (Å²) in [6, 6.07) is 0. The van der Waals surface area contributed by atoms with E-state index >= 15 is 0 Å². The molecule has 3 rings (SSSR count). The Morgan fingerprint density at radius 1 is 1.23 bits per heavy atom. The van der Waals surface area contributed by atoms with Gasteiger partial charge in [-0.1, -0.05) is 13.8 Å². The third kappa shape index (κ3) is 3.54. The van der Waals surface area contributed by atoms with E-state index in [0.717, 1.165) is 28.5 Å². The molecule has 0 saturated heterocycles. The lowest BCUT2D eigenvalue weighted by molar-refractivity contribution is 0.483. The van der Waals surface area contributed by atoms with Gasteiger partial charge in [0.05, 0.1) is 30.3 Å². The molecule has 0 amide bonds. The minimum Gasteiger partial charge on any atom is -0.376 e. The maximum atomic E-state index is 4.64. The Balaban J connectivity index is 1.60. The summed E-state index contributed by atoms with van der Waals surface area (Å²) in [6.07, 6.45) is 7.71. The molecule has 0 aliphatic rings. The van der Waals surface area contributed by atoms with Crippen molar-refractivity contribution in [1.82, 2.24) is 24.5 Å². The first-order chi connectivity index (χ1) is 10.6. The summed E-state index contributed by atoms with van der Waals surface area (Å²) in [5.74, 6) is 0.591. The zero-order valence-electron chi connectivity index (χ0n) is 13.0. The largest absolute Gasteiger partial charge is 0.376 e. The number of nitrogens with one attached hydrogen (secondary N) is 1. The highest BCUT2D eigenvalue weighted by Gasteiger charge is 2.07. The van der Waals surface area contributed by atoms with Crippen LogP contribution in [0.1, 0.15) is 18.9 Å². The quantitative estimate of drug-likeness (QED) is 0.759. The standard InChI is InChI=1S/C15H20N6S/c1-11(2)7-21-9-13(5-18-21)16-6-15-19-14(10-22-15)12-4-17-20(3)8-12/h4-5,8-11,16H,6-7H2,1-3H3. The number of rotatable bonds is 6. The fourth-order valence-electron chi connectivity index (χ4n) is 2.18. The predicted molar refractivity (Wildman–Crippen MR) is 88.7 cm³/mol. The van der Waals surface area contributed by atoms with Crippen LogP contribution in [0.25, 0.3) is 11.3 Å². The van der Waals surface area contributed by atoms with E-state index in [1.165, 1.54) is 0 Å². The molecule has 3 aromatic heterocycles. The summed E-state index contributed by atoms with van der Waals surface area (Å²) in [5, 5.41) is 15.0. The van der Waals surface area contributed by atoms with Gasteiger partial charge >= 0.3 is 0 Å². The number of anilines is 1. The summed E-state index contributed by atoms with van der Waals surface area (Å²) < 4.78 is 3.76. The molecule has 1 N–H and O–H groups in total. The first kappa shape index (κ1) is 14.8. The Hall–Kier alpha value is -2.15. The highest BCUT2D eigenvalue weighted by atomic mass is 32.1. The van der Waals surface area contributed by atoms with E-state index in [4.69, 9.17) is 0 Å².